The van der Waals surface area contributed by atoms with E-state index in [0.717, 1.165) is 30.0 Å². The molecule has 3 aliphatic heterocycles. The van der Waals surface area contributed by atoms with Crippen LogP contribution in [0.25, 0.3) is 0 Å². The van der Waals surface area contributed by atoms with Gasteiger partial charge in [0.1, 0.15) is 22.9 Å². The number of hydrogen-bond acceptors (Lipinski definition) is 10. The standard InChI is InChI=1S/C42H46ClF4N5O6S/c1-41(2,3)58-40(53)52-26-11-12-27(52)22-51(21-26)38-30-23-57-34(18-32(30)48-39(49-38)59(6)54)35-36(42(45,46)47)31(43)17-33(37(35)44)50(19-24-7-13-28(55-4)14-8-24)20-25-9-15-29(56-5)16-10-25/h7-10,13-17,26-27,34H,11-12,18-23H2,1-6H3/t26-,27+,34?,59?. The molecule has 2 unspecified atom stereocenters. The summed E-state index contributed by atoms with van der Waals surface area (Å²) in [7, 11) is 1.39. The predicted octanol–water partition coefficient (Wildman–Crippen LogP) is 8.65. The summed E-state index contributed by atoms with van der Waals surface area (Å²) in [6, 6.07) is 14.8. The molecule has 7 rings (SSSR count). The SMILES string of the molecule is COc1ccc(CN(Cc2ccc(OC)cc2)c2cc(Cl)c(C(F)(F)F)c(C3Cc4nc(S(C)=O)nc(N5C[C@H]6CC[C@@H](C5)N6C(=O)OC(C)(C)C)c4CO3)c2F)cc1. The van der Waals surface area contributed by atoms with Crippen molar-refractivity contribution in [2.75, 3.05) is 43.4 Å². The van der Waals surface area contributed by atoms with Crippen LogP contribution in [0.1, 0.15) is 73.2 Å². The topological polar surface area (TPSA) is 107 Å². The van der Waals surface area contributed by atoms with E-state index in [1.165, 1.54) is 20.5 Å². The summed E-state index contributed by atoms with van der Waals surface area (Å²) in [5.41, 5.74) is -0.648. The molecule has 0 radical (unpaired) electrons. The number of nitrogens with zero attached hydrogens (tertiary/aromatic N) is 5. The molecule has 4 aromatic rings. The van der Waals surface area contributed by atoms with Gasteiger partial charge in [-0.15, -0.1) is 0 Å². The third kappa shape index (κ3) is 9.09. The Labute approximate surface area is 348 Å². The molecule has 59 heavy (non-hydrogen) atoms. The number of fused-ring (bicyclic) bond motifs is 3. The van der Waals surface area contributed by atoms with Crippen LogP contribution in [0.5, 0.6) is 11.5 Å². The first-order valence-corrected chi connectivity index (χ1v) is 21.1. The Kier molecular flexibility index (Phi) is 12.1. The molecule has 0 N–H and O–H groups in total. The number of halogens is 5. The number of hydrogen-bond donors (Lipinski definition) is 0. The van der Waals surface area contributed by atoms with Crippen LogP contribution in [0.15, 0.2) is 59.8 Å². The van der Waals surface area contributed by atoms with Gasteiger partial charge in [0, 0.05) is 50.0 Å². The maximum absolute atomic E-state index is 17.3. The van der Waals surface area contributed by atoms with Gasteiger partial charge in [-0.1, -0.05) is 35.9 Å². The van der Waals surface area contributed by atoms with Crippen molar-refractivity contribution in [3.05, 3.63) is 98.9 Å². The van der Waals surface area contributed by atoms with Gasteiger partial charge in [0.25, 0.3) is 0 Å². The molecule has 316 valence electrons. The lowest BCUT2D eigenvalue weighted by Gasteiger charge is -2.42. The van der Waals surface area contributed by atoms with Crippen molar-refractivity contribution >= 4 is 40.0 Å². The normalized spacial score (nSPS) is 19.6. The first-order valence-electron chi connectivity index (χ1n) is 19.1. The quantitative estimate of drug-likeness (QED) is 0.114. The largest absolute Gasteiger partial charge is 0.497 e. The molecule has 3 aromatic carbocycles. The molecule has 3 aliphatic rings. The lowest BCUT2D eigenvalue weighted by molar-refractivity contribution is -0.140. The number of carbonyl (C=O) groups is 1. The zero-order valence-electron chi connectivity index (χ0n) is 33.6. The van der Waals surface area contributed by atoms with Crippen molar-refractivity contribution in [1.29, 1.82) is 0 Å². The summed E-state index contributed by atoms with van der Waals surface area (Å²) in [6.45, 7) is 6.16. The Morgan fingerprint density at radius 3 is 2.00 bits per heavy atom. The number of piperazine rings is 1. The molecule has 0 saturated carbocycles. The van der Waals surface area contributed by atoms with Gasteiger partial charge in [0.05, 0.1) is 71.8 Å². The van der Waals surface area contributed by atoms with E-state index >= 15 is 4.39 Å². The number of anilines is 2. The van der Waals surface area contributed by atoms with Crippen LogP contribution in [0.4, 0.5) is 33.9 Å². The molecule has 2 saturated heterocycles. The maximum Gasteiger partial charge on any atom is 0.418 e. The number of rotatable bonds is 10. The number of benzene rings is 3. The average molecular weight is 860 g/mol. The van der Waals surface area contributed by atoms with Gasteiger partial charge in [-0.2, -0.15) is 13.2 Å². The number of aromatic nitrogens is 2. The molecule has 11 nitrogen and oxygen atoms in total. The smallest absolute Gasteiger partial charge is 0.418 e. The average Bonchev–Trinajstić information content (AvgIpc) is 3.46. The first-order chi connectivity index (χ1) is 27.9. The third-order valence-electron chi connectivity index (χ3n) is 10.7. The number of methoxy groups -OCH3 is 2. The van der Waals surface area contributed by atoms with E-state index in [0.29, 0.717) is 41.7 Å². The fourth-order valence-electron chi connectivity index (χ4n) is 8.08. The van der Waals surface area contributed by atoms with E-state index in [1.54, 1.807) is 58.3 Å². The molecule has 17 heteroatoms. The number of amides is 1. The molecule has 0 aliphatic carbocycles. The summed E-state index contributed by atoms with van der Waals surface area (Å²) in [5, 5.41) is -0.709. The van der Waals surface area contributed by atoms with Crippen molar-refractivity contribution in [3.63, 3.8) is 0 Å². The first kappa shape index (κ1) is 42.5. The van der Waals surface area contributed by atoms with Crippen LogP contribution >= 0.6 is 11.6 Å². The predicted molar refractivity (Wildman–Crippen MR) is 215 cm³/mol. The van der Waals surface area contributed by atoms with Gasteiger partial charge in [-0.3, -0.25) is 9.11 Å². The lowest BCUT2D eigenvalue weighted by Crippen LogP contribution is -2.57. The van der Waals surface area contributed by atoms with Crippen LogP contribution in [-0.2, 0) is 52.6 Å². The highest BCUT2D eigenvalue weighted by Crippen LogP contribution is 2.48. The van der Waals surface area contributed by atoms with E-state index in [-0.39, 0.29) is 49.0 Å². The second kappa shape index (κ2) is 16.8. The van der Waals surface area contributed by atoms with Crippen LogP contribution < -0.4 is 19.3 Å². The second-order valence-corrected chi connectivity index (χ2v) is 17.6. The molecule has 4 heterocycles. The number of alkyl halides is 3. The van der Waals surface area contributed by atoms with Crippen LogP contribution in [-0.4, -0.2) is 76.4 Å². The molecular formula is C42H46ClF4N5O6S. The second-order valence-electron chi connectivity index (χ2n) is 15.9. The van der Waals surface area contributed by atoms with Crippen molar-refractivity contribution < 1.29 is 45.5 Å². The Morgan fingerprint density at radius 2 is 1.51 bits per heavy atom. The van der Waals surface area contributed by atoms with E-state index in [2.05, 4.69) is 9.97 Å². The molecule has 1 amide bonds. The van der Waals surface area contributed by atoms with Gasteiger partial charge < -0.3 is 28.7 Å². The fourth-order valence-corrected chi connectivity index (χ4v) is 8.84. The molecule has 2 fully saturated rings. The van der Waals surface area contributed by atoms with Gasteiger partial charge in [-0.25, -0.2) is 19.2 Å². The summed E-state index contributed by atoms with van der Waals surface area (Å²) in [6.07, 6.45) is -4.31. The number of ether oxygens (including phenoxy) is 4. The van der Waals surface area contributed by atoms with Crippen molar-refractivity contribution in [3.8, 4) is 11.5 Å². The van der Waals surface area contributed by atoms with E-state index < -0.39 is 56.7 Å². The Balaban J connectivity index is 1.26. The summed E-state index contributed by atoms with van der Waals surface area (Å²) < 4.78 is 97.7. The molecular weight excluding hydrogens is 814 g/mol. The van der Waals surface area contributed by atoms with Crippen molar-refractivity contribution in [1.82, 2.24) is 14.9 Å². The molecule has 2 bridgehead atoms. The number of carbonyl (C=O) groups excluding carboxylic acids is 1. The minimum absolute atomic E-state index is 0.0187. The van der Waals surface area contributed by atoms with E-state index in [4.69, 9.17) is 30.5 Å². The Bertz CT molecular complexity index is 2160. The molecule has 4 atom stereocenters. The van der Waals surface area contributed by atoms with Gasteiger partial charge in [0.15, 0.2) is 5.82 Å². The summed E-state index contributed by atoms with van der Waals surface area (Å²) >= 11 is 6.52. The molecule has 1 aromatic heterocycles. The Hall–Kier alpha value is -4.67. The highest BCUT2D eigenvalue weighted by molar-refractivity contribution is 7.84. The lowest BCUT2D eigenvalue weighted by atomic mass is 9.93. The zero-order valence-corrected chi connectivity index (χ0v) is 35.1. The molecule has 0 spiro atoms. The van der Waals surface area contributed by atoms with Gasteiger partial charge in [-0.05, 0) is 75.1 Å². The highest BCUT2D eigenvalue weighted by atomic mass is 35.5. The maximum atomic E-state index is 17.3. The monoisotopic (exact) mass is 859 g/mol. The third-order valence-corrected chi connectivity index (χ3v) is 11.7. The van der Waals surface area contributed by atoms with E-state index in [1.807, 2.05) is 25.7 Å². The van der Waals surface area contributed by atoms with Crippen molar-refractivity contribution in [2.24, 2.45) is 0 Å². The van der Waals surface area contributed by atoms with Crippen LogP contribution in [0.3, 0.4) is 0 Å². The van der Waals surface area contributed by atoms with Crippen molar-refractivity contribution in [2.45, 2.75) is 94.9 Å². The summed E-state index contributed by atoms with van der Waals surface area (Å²) in [5.74, 6) is 0.496. The minimum Gasteiger partial charge on any atom is -0.497 e. The highest BCUT2D eigenvalue weighted by Gasteiger charge is 2.47. The van der Waals surface area contributed by atoms with Gasteiger partial charge in [0.2, 0.25) is 5.16 Å². The summed E-state index contributed by atoms with van der Waals surface area (Å²) in [4.78, 5) is 27.8. The zero-order chi connectivity index (χ0) is 42.4. The van der Waals surface area contributed by atoms with Crippen LogP contribution in [0, 0.1) is 5.82 Å². The minimum atomic E-state index is -5.05. The Morgan fingerprint density at radius 1 is 0.949 bits per heavy atom. The van der Waals surface area contributed by atoms with Crippen LogP contribution in [0.2, 0.25) is 5.02 Å². The van der Waals surface area contributed by atoms with Gasteiger partial charge >= 0.3 is 12.3 Å². The van der Waals surface area contributed by atoms with E-state index in [9.17, 15) is 22.2 Å². The fraction of sp³-hybridized carbons (Fsp3) is 0.452.